The van der Waals surface area contributed by atoms with E-state index in [4.69, 9.17) is 4.74 Å². The van der Waals surface area contributed by atoms with Gasteiger partial charge in [0.25, 0.3) is 5.91 Å². The minimum absolute atomic E-state index is 0.0414. The summed E-state index contributed by atoms with van der Waals surface area (Å²) in [5.41, 5.74) is 0.0414. The largest absolute Gasteiger partial charge is 0.504 e. The quantitative estimate of drug-likeness (QED) is 0.825. The first kappa shape index (κ1) is 15.3. The van der Waals surface area contributed by atoms with Gasteiger partial charge in [0.05, 0.1) is 18.4 Å². The Balaban J connectivity index is 2.84. The Morgan fingerprint density at radius 1 is 1.47 bits per heavy atom. The Bertz CT molecular complexity index is 567. The maximum Gasteiger partial charge on any atom is 0.255 e. The lowest BCUT2D eigenvalue weighted by Crippen LogP contribution is -2.37. The molecule has 1 amide bonds. The summed E-state index contributed by atoms with van der Waals surface area (Å²) >= 11 is 0. The number of ether oxygens (including phenoxy) is 1. The van der Waals surface area contributed by atoms with Crippen LogP contribution >= 0.6 is 0 Å². The maximum atomic E-state index is 11.9. The number of para-hydroxylation sites is 1. The van der Waals surface area contributed by atoms with Gasteiger partial charge in [-0.1, -0.05) is 6.07 Å². The molecule has 0 heterocycles. The SMILES string of the molecule is COc1cccc(C(=O)NC(C)CS(C)(=O)=O)c1O. The lowest BCUT2D eigenvalue weighted by molar-refractivity contribution is 0.0940. The predicted molar refractivity (Wildman–Crippen MR) is 71.3 cm³/mol. The molecule has 0 aliphatic carbocycles. The fourth-order valence-corrected chi connectivity index (χ4v) is 2.66. The second-order valence-electron chi connectivity index (χ2n) is 4.32. The van der Waals surface area contributed by atoms with E-state index in [0.29, 0.717) is 0 Å². The molecule has 106 valence electrons. The molecule has 1 atom stereocenters. The van der Waals surface area contributed by atoms with Gasteiger partial charge in [0.1, 0.15) is 9.84 Å². The molecular weight excluding hydrogens is 270 g/mol. The van der Waals surface area contributed by atoms with Crippen LogP contribution in [0.1, 0.15) is 17.3 Å². The summed E-state index contributed by atoms with van der Waals surface area (Å²) in [6.45, 7) is 1.58. The molecule has 1 aromatic rings. The van der Waals surface area contributed by atoms with E-state index in [1.807, 2.05) is 0 Å². The minimum atomic E-state index is -3.18. The van der Waals surface area contributed by atoms with Crippen LogP contribution in [-0.2, 0) is 9.84 Å². The molecule has 19 heavy (non-hydrogen) atoms. The number of sulfone groups is 1. The Morgan fingerprint density at radius 2 is 2.11 bits per heavy atom. The highest BCUT2D eigenvalue weighted by Crippen LogP contribution is 2.29. The molecule has 0 spiro atoms. The van der Waals surface area contributed by atoms with Gasteiger partial charge < -0.3 is 15.2 Å². The first-order valence-corrected chi connectivity index (χ1v) is 7.65. The van der Waals surface area contributed by atoms with Crippen molar-refractivity contribution in [3.63, 3.8) is 0 Å². The van der Waals surface area contributed by atoms with Crippen molar-refractivity contribution in [1.82, 2.24) is 5.32 Å². The average Bonchev–Trinajstić information content (AvgIpc) is 2.26. The first-order chi connectivity index (χ1) is 8.74. The van der Waals surface area contributed by atoms with Crippen molar-refractivity contribution in [3.05, 3.63) is 23.8 Å². The zero-order valence-corrected chi connectivity index (χ0v) is 11.8. The normalized spacial score (nSPS) is 12.8. The van der Waals surface area contributed by atoms with E-state index in [1.165, 1.54) is 19.2 Å². The molecule has 0 aliphatic rings. The van der Waals surface area contributed by atoms with Crippen LogP contribution in [0.5, 0.6) is 11.5 Å². The van der Waals surface area contributed by atoms with E-state index >= 15 is 0 Å². The van der Waals surface area contributed by atoms with Crippen molar-refractivity contribution < 1.29 is 23.1 Å². The van der Waals surface area contributed by atoms with E-state index in [9.17, 15) is 18.3 Å². The number of phenolic OH excluding ortho intramolecular Hbond substituents is 1. The van der Waals surface area contributed by atoms with Crippen molar-refractivity contribution in [2.75, 3.05) is 19.1 Å². The third-order valence-electron chi connectivity index (χ3n) is 2.39. The number of rotatable bonds is 5. The number of benzene rings is 1. The van der Waals surface area contributed by atoms with Gasteiger partial charge in [0.15, 0.2) is 11.5 Å². The summed E-state index contributed by atoms with van der Waals surface area (Å²) in [5, 5.41) is 12.3. The van der Waals surface area contributed by atoms with E-state index < -0.39 is 21.8 Å². The van der Waals surface area contributed by atoms with Crippen LogP contribution in [0, 0.1) is 0 Å². The molecule has 1 unspecified atom stereocenters. The van der Waals surface area contributed by atoms with Gasteiger partial charge in [-0.25, -0.2) is 8.42 Å². The van der Waals surface area contributed by atoms with E-state index in [-0.39, 0.29) is 22.8 Å². The van der Waals surface area contributed by atoms with E-state index in [2.05, 4.69) is 5.32 Å². The number of amides is 1. The van der Waals surface area contributed by atoms with Crippen LogP contribution in [0.2, 0.25) is 0 Å². The van der Waals surface area contributed by atoms with Crippen LogP contribution in [0.3, 0.4) is 0 Å². The predicted octanol–water partition coefficient (Wildman–Crippen LogP) is 0.564. The molecule has 0 radical (unpaired) electrons. The summed E-state index contributed by atoms with van der Waals surface area (Å²) in [4.78, 5) is 11.9. The highest BCUT2D eigenvalue weighted by molar-refractivity contribution is 7.90. The van der Waals surface area contributed by atoms with E-state index in [1.54, 1.807) is 13.0 Å². The summed E-state index contributed by atoms with van der Waals surface area (Å²) < 4.78 is 27.1. The molecule has 0 bridgehead atoms. The van der Waals surface area contributed by atoms with E-state index in [0.717, 1.165) is 6.26 Å². The van der Waals surface area contributed by atoms with Crippen LogP contribution in [0.4, 0.5) is 0 Å². The topological polar surface area (TPSA) is 92.7 Å². The third kappa shape index (κ3) is 4.44. The first-order valence-electron chi connectivity index (χ1n) is 5.59. The number of carbonyl (C=O) groups is 1. The number of nitrogens with one attached hydrogen (secondary N) is 1. The molecule has 0 saturated carbocycles. The van der Waals surface area contributed by atoms with Gasteiger partial charge in [0.2, 0.25) is 0 Å². The van der Waals surface area contributed by atoms with Crippen LogP contribution in [-0.4, -0.2) is 44.6 Å². The van der Waals surface area contributed by atoms with Gasteiger partial charge >= 0.3 is 0 Å². The molecule has 2 N–H and O–H groups in total. The molecule has 0 fully saturated rings. The molecular formula is C12H17NO5S. The van der Waals surface area contributed by atoms with Gasteiger partial charge in [-0.05, 0) is 19.1 Å². The summed E-state index contributed by atoms with van der Waals surface area (Å²) in [6.07, 6.45) is 1.10. The highest BCUT2D eigenvalue weighted by Gasteiger charge is 2.18. The number of phenols is 1. The lowest BCUT2D eigenvalue weighted by atomic mass is 10.1. The minimum Gasteiger partial charge on any atom is -0.504 e. The second kappa shape index (κ2) is 5.92. The fraction of sp³-hybridized carbons (Fsp3) is 0.417. The average molecular weight is 287 g/mol. The number of carbonyl (C=O) groups excluding carboxylic acids is 1. The van der Waals surface area contributed by atoms with Crippen molar-refractivity contribution in [2.24, 2.45) is 0 Å². The monoisotopic (exact) mass is 287 g/mol. The van der Waals surface area contributed by atoms with Crippen LogP contribution in [0.15, 0.2) is 18.2 Å². The fourth-order valence-electron chi connectivity index (χ4n) is 1.67. The van der Waals surface area contributed by atoms with Gasteiger partial charge in [-0.2, -0.15) is 0 Å². The van der Waals surface area contributed by atoms with Crippen LogP contribution in [0.25, 0.3) is 0 Å². The third-order valence-corrected chi connectivity index (χ3v) is 3.50. The summed E-state index contributed by atoms with van der Waals surface area (Å²) in [5.74, 6) is -0.797. The zero-order chi connectivity index (χ0) is 14.6. The van der Waals surface area contributed by atoms with Crippen molar-refractivity contribution in [1.29, 1.82) is 0 Å². The Morgan fingerprint density at radius 3 is 2.63 bits per heavy atom. The Labute approximate surface area is 112 Å². The number of aromatic hydroxyl groups is 1. The number of methoxy groups -OCH3 is 1. The molecule has 1 aromatic carbocycles. The second-order valence-corrected chi connectivity index (χ2v) is 6.51. The zero-order valence-electron chi connectivity index (χ0n) is 11.0. The number of hydrogen-bond acceptors (Lipinski definition) is 5. The van der Waals surface area contributed by atoms with Gasteiger partial charge in [-0.3, -0.25) is 4.79 Å². The smallest absolute Gasteiger partial charge is 0.255 e. The van der Waals surface area contributed by atoms with Crippen molar-refractivity contribution in [2.45, 2.75) is 13.0 Å². The van der Waals surface area contributed by atoms with Crippen molar-refractivity contribution in [3.8, 4) is 11.5 Å². The molecule has 0 aromatic heterocycles. The summed E-state index contributed by atoms with van der Waals surface area (Å²) in [7, 11) is -1.80. The van der Waals surface area contributed by atoms with Gasteiger partial charge in [0, 0.05) is 12.3 Å². The lowest BCUT2D eigenvalue weighted by Gasteiger charge is -2.14. The molecule has 0 aliphatic heterocycles. The van der Waals surface area contributed by atoms with Crippen molar-refractivity contribution >= 4 is 15.7 Å². The molecule has 7 heteroatoms. The Hall–Kier alpha value is -1.76. The highest BCUT2D eigenvalue weighted by atomic mass is 32.2. The molecule has 1 rings (SSSR count). The standard InChI is InChI=1S/C12H17NO5S/c1-8(7-19(3,16)17)13-12(15)9-5-4-6-10(18-2)11(9)14/h4-6,8,14H,7H2,1-3H3,(H,13,15). The number of hydrogen-bond donors (Lipinski definition) is 2. The Kier molecular flexibility index (Phi) is 4.77. The molecule has 0 saturated heterocycles. The summed E-state index contributed by atoms with van der Waals surface area (Å²) in [6, 6.07) is 3.97. The van der Waals surface area contributed by atoms with Gasteiger partial charge in [-0.15, -0.1) is 0 Å². The van der Waals surface area contributed by atoms with Crippen LogP contribution < -0.4 is 10.1 Å². The maximum absolute atomic E-state index is 11.9. The molecule has 6 nitrogen and oxygen atoms in total.